The number of carboxylic acid groups (broad SMARTS) is 2. The van der Waals surface area contributed by atoms with E-state index >= 15 is 0 Å². The minimum absolute atomic E-state index is 0.502. The fourth-order valence-corrected chi connectivity index (χ4v) is 4.94. The van der Waals surface area contributed by atoms with E-state index in [0.717, 1.165) is 44.9 Å². The summed E-state index contributed by atoms with van der Waals surface area (Å²) in [7, 11) is 0. The van der Waals surface area contributed by atoms with Crippen LogP contribution in [0, 0.1) is 10.8 Å². The highest BCUT2D eigenvalue weighted by atomic mass is 16.4. The van der Waals surface area contributed by atoms with Gasteiger partial charge in [0.2, 0.25) is 0 Å². The van der Waals surface area contributed by atoms with Crippen LogP contribution in [0.4, 0.5) is 0 Å². The third-order valence-corrected chi connectivity index (χ3v) is 6.61. The van der Waals surface area contributed by atoms with Crippen molar-refractivity contribution in [3.05, 3.63) is 0 Å². The summed E-state index contributed by atoms with van der Waals surface area (Å²) in [6.45, 7) is 4.25. The van der Waals surface area contributed by atoms with Crippen LogP contribution in [0.15, 0.2) is 0 Å². The van der Waals surface area contributed by atoms with Crippen molar-refractivity contribution in [3.8, 4) is 0 Å². The summed E-state index contributed by atoms with van der Waals surface area (Å²) >= 11 is 0. The number of aliphatic carboxylic acids is 2. The standard InChI is InChI=1S/C22H40O4/c1-3-5-7-8-9-10-11-12-16-22(20(25)26)18-14-13-17-21(22,19(23)24)15-6-4-2/h3-18H2,1-2H3,(H,23,24)(H,25,26). The monoisotopic (exact) mass is 368 g/mol. The molecule has 26 heavy (non-hydrogen) atoms. The molecule has 0 aliphatic heterocycles. The lowest BCUT2D eigenvalue weighted by molar-refractivity contribution is -0.182. The zero-order valence-corrected chi connectivity index (χ0v) is 17.0. The van der Waals surface area contributed by atoms with Gasteiger partial charge in [-0.05, 0) is 25.7 Å². The van der Waals surface area contributed by atoms with Crippen LogP contribution in [-0.4, -0.2) is 22.2 Å². The van der Waals surface area contributed by atoms with Gasteiger partial charge in [0.15, 0.2) is 0 Å². The van der Waals surface area contributed by atoms with Gasteiger partial charge in [0.1, 0.15) is 0 Å². The second kappa shape index (κ2) is 11.6. The van der Waals surface area contributed by atoms with Crippen LogP contribution in [0.3, 0.4) is 0 Å². The first-order valence-corrected chi connectivity index (χ1v) is 10.9. The van der Waals surface area contributed by atoms with E-state index in [1.54, 1.807) is 0 Å². The van der Waals surface area contributed by atoms with Gasteiger partial charge >= 0.3 is 11.9 Å². The van der Waals surface area contributed by atoms with Crippen LogP contribution in [0.1, 0.15) is 117 Å². The zero-order chi connectivity index (χ0) is 19.5. The molecule has 0 aromatic carbocycles. The highest BCUT2D eigenvalue weighted by molar-refractivity contribution is 5.87. The lowest BCUT2D eigenvalue weighted by atomic mass is 9.52. The van der Waals surface area contributed by atoms with Gasteiger partial charge in [-0.25, -0.2) is 0 Å². The van der Waals surface area contributed by atoms with Crippen LogP contribution in [0.5, 0.6) is 0 Å². The lowest BCUT2D eigenvalue weighted by Crippen LogP contribution is -2.54. The second-order valence-electron chi connectivity index (χ2n) is 8.31. The van der Waals surface area contributed by atoms with Gasteiger partial charge in [-0.2, -0.15) is 0 Å². The molecule has 1 rings (SSSR count). The smallest absolute Gasteiger partial charge is 0.310 e. The number of rotatable bonds is 14. The highest BCUT2D eigenvalue weighted by Gasteiger charge is 2.61. The van der Waals surface area contributed by atoms with Gasteiger partial charge in [-0.15, -0.1) is 0 Å². The van der Waals surface area contributed by atoms with E-state index in [4.69, 9.17) is 0 Å². The Bertz CT molecular complexity index is 434. The van der Waals surface area contributed by atoms with Crippen molar-refractivity contribution in [1.29, 1.82) is 0 Å². The molecular formula is C22H40O4. The Morgan fingerprint density at radius 3 is 1.46 bits per heavy atom. The molecule has 0 amide bonds. The Morgan fingerprint density at radius 1 is 0.654 bits per heavy atom. The average Bonchev–Trinajstić information content (AvgIpc) is 2.62. The van der Waals surface area contributed by atoms with E-state index in [1.807, 2.05) is 6.92 Å². The van der Waals surface area contributed by atoms with Crippen molar-refractivity contribution in [3.63, 3.8) is 0 Å². The molecule has 1 fully saturated rings. The first kappa shape index (κ1) is 23.0. The van der Waals surface area contributed by atoms with E-state index in [9.17, 15) is 19.8 Å². The van der Waals surface area contributed by atoms with Crippen molar-refractivity contribution in [2.24, 2.45) is 10.8 Å². The molecule has 0 heterocycles. The fourth-order valence-electron chi connectivity index (χ4n) is 4.94. The molecule has 0 bridgehead atoms. The SMILES string of the molecule is CCCCCCCCCCC1(C(=O)O)CCCCC1(CCCC)C(=O)O. The summed E-state index contributed by atoms with van der Waals surface area (Å²) in [5.41, 5.74) is -2.15. The number of carboxylic acids is 2. The maximum Gasteiger partial charge on any atom is 0.310 e. The Kier molecular flexibility index (Phi) is 10.3. The minimum atomic E-state index is -1.08. The molecule has 2 unspecified atom stereocenters. The van der Waals surface area contributed by atoms with Gasteiger partial charge in [0, 0.05) is 0 Å². The Morgan fingerprint density at radius 2 is 1.04 bits per heavy atom. The van der Waals surface area contributed by atoms with E-state index in [-0.39, 0.29) is 0 Å². The third-order valence-electron chi connectivity index (χ3n) is 6.61. The Labute approximate surface area is 159 Å². The number of hydrogen-bond acceptors (Lipinski definition) is 2. The van der Waals surface area contributed by atoms with Crippen LogP contribution >= 0.6 is 0 Å². The number of hydrogen-bond donors (Lipinski definition) is 2. The molecule has 2 atom stereocenters. The number of unbranched alkanes of at least 4 members (excludes halogenated alkanes) is 8. The molecular weight excluding hydrogens is 328 g/mol. The van der Waals surface area contributed by atoms with Gasteiger partial charge in [-0.1, -0.05) is 90.9 Å². The van der Waals surface area contributed by atoms with E-state index in [1.165, 1.54) is 32.1 Å². The molecule has 0 spiro atoms. The molecule has 0 radical (unpaired) electrons. The van der Waals surface area contributed by atoms with Crippen LogP contribution < -0.4 is 0 Å². The van der Waals surface area contributed by atoms with E-state index in [2.05, 4.69) is 6.92 Å². The molecule has 2 N–H and O–H groups in total. The summed E-state index contributed by atoms with van der Waals surface area (Å²) in [5.74, 6) is -1.76. The quantitative estimate of drug-likeness (QED) is 0.347. The zero-order valence-electron chi connectivity index (χ0n) is 17.0. The summed E-state index contributed by atoms with van der Waals surface area (Å²) in [6, 6.07) is 0. The summed E-state index contributed by atoms with van der Waals surface area (Å²) < 4.78 is 0. The molecule has 0 saturated heterocycles. The molecule has 0 aromatic rings. The summed E-state index contributed by atoms with van der Waals surface area (Å²) in [4.78, 5) is 24.6. The molecule has 1 aliphatic carbocycles. The molecule has 1 aliphatic rings. The van der Waals surface area contributed by atoms with Gasteiger partial charge in [0.05, 0.1) is 10.8 Å². The van der Waals surface area contributed by atoms with Gasteiger partial charge in [-0.3, -0.25) is 9.59 Å². The minimum Gasteiger partial charge on any atom is -0.481 e. The van der Waals surface area contributed by atoms with Crippen LogP contribution in [-0.2, 0) is 9.59 Å². The van der Waals surface area contributed by atoms with Crippen molar-refractivity contribution in [2.75, 3.05) is 0 Å². The predicted molar refractivity (Wildman–Crippen MR) is 105 cm³/mol. The van der Waals surface area contributed by atoms with E-state index in [0.29, 0.717) is 25.7 Å². The van der Waals surface area contributed by atoms with Crippen molar-refractivity contribution < 1.29 is 19.8 Å². The van der Waals surface area contributed by atoms with Crippen molar-refractivity contribution in [2.45, 2.75) is 117 Å². The fraction of sp³-hybridized carbons (Fsp3) is 0.909. The molecule has 0 aromatic heterocycles. The van der Waals surface area contributed by atoms with Crippen molar-refractivity contribution >= 4 is 11.9 Å². The second-order valence-corrected chi connectivity index (χ2v) is 8.31. The van der Waals surface area contributed by atoms with Crippen LogP contribution in [0.25, 0.3) is 0 Å². The molecule has 4 heteroatoms. The highest BCUT2D eigenvalue weighted by Crippen LogP contribution is 2.56. The maximum atomic E-state index is 12.3. The largest absolute Gasteiger partial charge is 0.481 e. The number of carbonyl (C=O) groups is 2. The Hall–Kier alpha value is -1.06. The topological polar surface area (TPSA) is 74.6 Å². The summed E-state index contributed by atoms with van der Waals surface area (Å²) in [6.07, 6.45) is 14.7. The molecule has 4 nitrogen and oxygen atoms in total. The van der Waals surface area contributed by atoms with Crippen LogP contribution in [0.2, 0.25) is 0 Å². The average molecular weight is 369 g/mol. The van der Waals surface area contributed by atoms with E-state index < -0.39 is 22.8 Å². The first-order valence-electron chi connectivity index (χ1n) is 10.9. The van der Waals surface area contributed by atoms with Crippen molar-refractivity contribution in [1.82, 2.24) is 0 Å². The maximum absolute atomic E-state index is 12.3. The third kappa shape index (κ3) is 5.47. The van der Waals surface area contributed by atoms with Gasteiger partial charge in [0.25, 0.3) is 0 Å². The first-order chi connectivity index (χ1) is 12.5. The molecule has 152 valence electrons. The van der Waals surface area contributed by atoms with Gasteiger partial charge < -0.3 is 10.2 Å². The normalized spacial score (nSPS) is 25.9. The Balaban J connectivity index is 2.74. The molecule has 1 saturated carbocycles. The predicted octanol–water partition coefficient (Wildman–Crippen LogP) is 6.42. The summed E-state index contributed by atoms with van der Waals surface area (Å²) in [5, 5.41) is 20.2. The lowest BCUT2D eigenvalue weighted by Gasteiger charge is -2.48.